The third kappa shape index (κ3) is 4.81. The fourth-order valence-corrected chi connectivity index (χ4v) is 3.60. The first-order valence-corrected chi connectivity index (χ1v) is 9.80. The Morgan fingerprint density at radius 3 is 2.50 bits per heavy atom. The summed E-state index contributed by atoms with van der Waals surface area (Å²) in [5.41, 5.74) is 5.37. The van der Waals surface area contributed by atoms with Crippen molar-refractivity contribution in [3.05, 3.63) is 28.8 Å². The second-order valence-corrected chi connectivity index (χ2v) is 7.38. The molecule has 0 radical (unpaired) electrons. The van der Waals surface area contributed by atoms with Crippen LogP contribution < -0.4 is 15.8 Å². The summed E-state index contributed by atoms with van der Waals surface area (Å²) in [4.78, 5) is 51.8. The fraction of sp³-hybridized carbons (Fsp3) is 0.474. The normalized spacial score (nSPS) is 17.5. The van der Waals surface area contributed by atoms with E-state index in [2.05, 4.69) is 10.9 Å². The van der Waals surface area contributed by atoms with E-state index >= 15 is 0 Å². The minimum absolute atomic E-state index is 0.0495. The van der Waals surface area contributed by atoms with Gasteiger partial charge in [0.15, 0.2) is 0 Å². The highest BCUT2D eigenvalue weighted by molar-refractivity contribution is 6.31. The number of halogens is 1. The maximum Gasteiger partial charge on any atom is 0.271 e. The van der Waals surface area contributed by atoms with Crippen molar-refractivity contribution in [2.75, 3.05) is 24.5 Å². The average molecular weight is 407 g/mol. The van der Waals surface area contributed by atoms with Crippen LogP contribution in [0, 0.1) is 0 Å². The molecule has 0 aliphatic carbocycles. The van der Waals surface area contributed by atoms with E-state index in [1.165, 1.54) is 15.9 Å². The van der Waals surface area contributed by atoms with Crippen molar-refractivity contribution in [2.45, 2.75) is 38.5 Å². The predicted octanol–water partition coefficient (Wildman–Crippen LogP) is 1.63. The number of carbonyl (C=O) groups is 4. The molecule has 150 valence electrons. The SMILES string of the molecule is O=C(CN1CCCCCC1=O)NNC(=O)c1ccc(Cl)cc1N1CCCC1=O. The Bertz CT molecular complexity index is 798. The van der Waals surface area contributed by atoms with Crippen LogP contribution in [-0.4, -0.2) is 48.2 Å². The number of rotatable bonds is 4. The van der Waals surface area contributed by atoms with Gasteiger partial charge >= 0.3 is 0 Å². The standard InChI is InChI=1S/C19H23ClN4O4/c20-13-7-8-14(15(11-13)24-10-4-6-18(24)27)19(28)22-21-16(25)12-23-9-3-1-2-5-17(23)26/h7-8,11H,1-6,9-10,12H2,(H,21,25)(H,22,28). The van der Waals surface area contributed by atoms with Gasteiger partial charge in [-0.3, -0.25) is 30.0 Å². The van der Waals surface area contributed by atoms with Crippen LogP contribution in [0.5, 0.6) is 0 Å². The van der Waals surface area contributed by atoms with Gasteiger partial charge < -0.3 is 9.80 Å². The molecule has 0 atom stereocenters. The van der Waals surface area contributed by atoms with Gasteiger partial charge in [0.05, 0.1) is 11.3 Å². The lowest BCUT2D eigenvalue weighted by Gasteiger charge is -2.21. The van der Waals surface area contributed by atoms with Gasteiger partial charge in [0.1, 0.15) is 6.54 Å². The molecule has 0 bridgehead atoms. The molecule has 9 heteroatoms. The number of amides is 4. The predicted molar refractivity (Wildman–Crippen MR) is 104 cm³/mol. The highest BCUT2D eigenvalue weighted by Crippen LogP contribution is 2.28. The van der Waals surface area contributed by atoms with Gasteiger partial charge in [-0.2, -0.15) is 0 Å². The fourth-order valence-electron chi connectivity index (χ4n) is 3.44. The second kappa shape index (κ2) is 9.05. The zero-order valence-corrected chi connectivity index (χ0v) is 16.3. The Kier molecular flexibility index (Phi) is 6.51. The lowest BCUT2D eigenvalue weighted by Crippen LogP contribution is -2.47. The van der Waals surface area contributed by atoms with Crippen LogP contribution in [0.4, 0.5) is 5.69 Å². The summed E-state index contributed by atoms with van der Waals surface area (Å²) in [6.07, 6.45) is 4.25. The third-order valence-electron chi connectivity index (χ3n) is 4.89. The molecule has 0 unspecified atom stereocenters. The van der Waals surface area contributed by atoms with Crippen LogP contribution >= 0.6 is 11.6 Å². The minimum atomic E-state index is -0.554. The van der Waals surface area contributed by atoms with Gasteiger partial charge in [-0.05, 0) is 37.5 Å². The van der Waals surface area contributed by atoms with Crippen molar-refractivity contribution >= 4 is 40.9 Å². The third-order valence-corrected chi connectivity index (χ3v) is 5.13. The van der Waals surface area contributed by atoms with Crippen LogP contribution in [0.3, 0.4) is 0 Å². The molecule has 3 rings (SSSR count). The molecule has 2 N–H and O–H groups in total. The molecule has 0 saturated carbocycles. The Balaban J connectivity index is 1.62. The number of nitrogens with one attached hydrogen (secondary N) is 2. The number of anilines is 1. The van der Waals surface area contributed by atoms with Crippen LogP contribution in [0.25, 0.3) is 0 Å². The molecule has 1 aromatic rings. The molecule has 2 aliphatic rings. The van der Waals surface area contributed by atoms with Crippen molar-refractivity contribution in [3.8, 4) is 0 Å². The van der Waals surface area contributed by atoms with E-state index in [0.717, 1.165) is 19.3 Å². The molecule has 28 heavy (non-hydrogen) atoms. The van der Waals surface area contributed by atoms with E-state index in [1.54, 1.807) is 12.1 Å². The molecule has 2 saturated heterocycles. The molecule has 2 heterocycles. The Morgan fingerprint density at radius 2 is 1.75 bits per heavy atom. The van der Waals surface area contributed by atoms with Crippen LogP contribution in [-0.2, 0) is 14.4 Å². The average Bonchev–Trinajstić information content (AvgIpc) is 3.00. The van der Waals surface area contributed by atoms with E-state index in [0.29, 0.717) is 43.1 Å². The summed E-state index contributed by atoms with van der Waals surface area (Å²) in [6, 6.07) is 4.64. The summed E-state index contributed by atoms with van der Waals surface area (Å²) in [6.45, 7) is 0.957. The van der Waals surface area contributed by atoms with E-state index in [9.17, 15) is 19.2 Å². The van der Waals surface area contributed by atoms with E-state index in [4.69, 9.17) is 11.6 Å². The molecule has 2 fully saturated rings. The van der Waals surface area contributed by atoms with Gasteiger partial charge in [-0.15, -0.1) is 0 Å². The van der Waals surface area contributed by atoms with E-state index < -0.39 is 11.8 Å². The monoisotopic (exact) mass is 406 g/mol. The first kappa shape index (κ1) is 20.1. The zero-order chi connectivity index (χ0) is 20.1. The zero-order valence-electron chi connectivity index (χ0n) is 15.5. The molecular weight excluding hydrogens is 384 g/mol. The summed E-state index contributed by atoms with van der Waals surface area (Å²) >= 11 is 6.03. The highest BCUT2D eigenvalue weighted by atomic mass is 35.5. The lowest BCUT2D eigenvalue weighted by atomic mass is 10.1. The number of likely N-dealkylation sites (tertiary alicyclic amines) is 1. The largest absolute Gasteiger partial charge is 0.333 e. The topological polar surface area (TPSA) is 98.8 Å². The quantitative estimate of drug-likeness (QED) is 0.742. The minimum Gasteiger partial charge on any atom is -0.333 e. The Labute approximate surface area is 168 Å². The Morgan fingerprint density at radius 1 is 0.964 bits per heavy atom. The summed E-state index contributed by atoms with van der Waals surface area (Å²) in [5.74, 6) is -1.15. The molecule has 0 spiro atoms. The lowest BCUT2D eigenvalue weighted by molar-refractivity contribution is -0.135. The maximum atomic E-state index is 12.6. The van der Waals surface area contributed by atoms with E-state index in [-0.39, 0.29) is 23.9 Å². The number of carbonyl (C=O) groups excluding carboxylic acids is 4. The number of nitrogens with zero attached hydrogens (tertiary/aromatic N) is 2. The first-order chi connectivity index (χ1) is 13.5. The smallest absolute Gasteiger partial charge is 0.271 e. The van der Waals surface area contributed by atoms with Gasteiger partial charge in [0.2, 0.25) is 11.8 Å². The second-order valence-electron chi connectivity index (χ2n) is 6.94. The highest BCUT2D eigenvalue weighted by Gasteiger charge is 2.26. The number of benzene rings is 1. The summed E-state index contributed by atoms with van der Waals surface area (Å²) in [5, 5.41) is 0.412. The van der Waals surface area contributed by atoms with Gasteiger partial charge in [0, 0.05) is 31.0 Å². The number of hydrogen-bond donors (Lipinski definition) is 2. The first-order valence-electron chi connectivity index (χ1n) is 9.42. The van der Waals surface area contributed by atoms with Gasteiger partial charge in [-0.25, -0.2) is 0 Å². The number of hydrazine groups is 1. The molecule has 1 aromatic carbocycles. The maximum absolute atomic E-state index is 12.6. The van der Waals surface area contributed by atoms with Crippen molar-refractivity contribution < 1.29 is 19.2 Å². The molecule has 0 aromatic heterocycles. The van der Waals surface area contributed by atoms with Crippen molar-refractivity contribution in [1.82, 2.24) is 15.8 Å². The van der Waals surface area contributed by atoms with Gasteiger partial charge in [0.25, 0.3) is 11.8 Å². The molecule has 2 aliphatic heterocycles. The number of hydrogen-bond acceptors (Lipinski definition) is 4. The van der Waals surface area contributed by atoms with Crippen molar-refractivity contribution in [1.29, 1.82) is 0 Å². The van der Waals surface area contributed by atoms with Crippen LogP contribution in [0.2, 0.25) is 5.02 Å². The summed E-state index contributed by atoms with van der Waals surface area (Å²) in [7, 11) is 0. The molecular formula is C19H23ClN4O4. The summed E-state index contributed by atoms with van der Waals surface area (Å²) < 4.78 is 0. The van der Waals surface area contributed by atoms with Crippen LogP contribution in [0.1, 0.15) is 48.9 Å². The van der Waals surface area contributed by atoms with Crippen molar-refractivity contribution in [2.24, 2.45) is 0 Å². The van der Waals surface area contributed by atoms with Crippen LogP contribution in [0.15, 0.2) is 18.2 Å². The van der Waals surface area contributed by atoms with E-state index in [1.807, 2.05) is 0 Å². The van der Waals surface area contributed by atoms with Crippen molar-refractivity contribution in [3.63, 3.8) is 0 Å². The molecule has 4 amide bonds. The van der Waals surface area contributed by atoms with Gasteiger partial charge in [-0.1, -0.05) is 18.0 Å². The Hall–Kier alpha value is -2.61. The molecule has 8 nitrogen and oxygen atoms in total.